The number of aromatic nitrogens is 1. The molecule has 15 nitrogen and oxygen atoms in total. The highest BCUT2D eigenvalue weighted by atomic mass is 16.3. The van der Waals surface area contributed by atoms with Crippen molar-refractivity contribution in [2.75, 3.05) is 6.54 Å². The van der Waals surface area contributed by atoms with E-state index in [4.69, 9.17) is 11.5 Å². The van der Waals surface area contributed by atoms with Crippen molar-refractivity contribution >= 4 is 46.3 Å². The molecular weight excluding hydrogens is 692 g/mol. The summed E-state index contributed by atoms with van der Waals surface area (Å²) in [5.41, 5.74) is 13.4. The van der Waals surface area contributed by atoms with Gasteiger partial charge in [-0.05, 0) is 73.4 Å². The number of amides is 6. The number of benzene rings is 2. The summed E-state index contributed by atoms with van der Waals surface area (Å²) in [6.07, 6.45) is 3.47. The molecule has 54 heavy (non-hydrogen) atoms. The van der Waals surface area contributed by atoms with E-state index in [1.165, 1.54) is 19.1 Å². The van der Waals surface area contributed by atoms with Gasteiger partial charge in [-0.15, -0.1) is 0 Å². The molecule has 6 amide bonds. The zero-order valence-corrected chi connectivity index (χ0v) is 31.7. The maximum Gasteiger partial charge on any atom is 0.243 e. The molecule has 0 saturated carbocycles. The van der Waals surface area contributed by atoms with Crippen molar-refractivity contribution in [1.82, 2.24) is 31.6 Å². The fourth-order valence-corrected chi connectivity index (χ4v) is 6.15. The Morgan fingerprint density at radius 3 is 1.89 bits per heavy atom. The molecule has 5 atom stereocenters. The Bertz CT molecular complexity index is 1740. The number of H-pyrrole nitrogens is 1. The Hall–Kier alpha value is -5.44. The molecule has 2 aromatic carbocycles. The lowest BCUT2D eigenvalue weighted by atomic mass is 9.98. The van der Waals surface area contributed by atoms with Gasteiger partial charge in [-0.2, -0.15) is 0 Å². The topological polar surface area (TPSA) is 251 Å². The van der Waals surface area contributed by atoms with Crippen molar-refractivity contribution in [3.05, 3.63) is 65.9 Å². The normalized spacial score (nSPS) is 14.1. The first kappa shape index (κ1) is 43.0. The van der Waals surface area contributed by atoms with E-state index in [-0.39, 0.29) is 36.8 Å². The number of aromatic hydroxyl groups is 1. The smallest absolute Gasteiger partial charge is 0.243 e. The minimum Gasteiger partial charge on any atom is -0.508 e. The van der Waals surface area contributed by atoms with Crippen LogP contribution in [0.15, 0.2) is 54.7 Å². The number of nitrogens with one attached hydrogen (secondary N) is 6. The number of phenolic OH excluding ortho intramolecular Hbond substituents is 1. The second kappa shape index (κ2) is 20.7. The van der Waals surface area contributed by atoms with Gasteiger partial charge in [-0.25, -0.2) is 0 Å². The van der Waals surface area contributed by atoms with Gasteiger partial charge in [0.05, 0.1) is 0 Å². The van der Waals surface area contributed by atoms with Crippen LogP contribution in [0.1, 0.15) is 71.4 Å². The first-order valence-electron chi connectivity index (χ1n) is 18.4. The van der Waals surface area contributed by atoms with Crippen molar-refractivity contribution in [3.8, 4) is 5.75 Å². The number of phenols is 1. The molecule has 0 aliphatic heterocycles. The van der Waals surface area contributed by atoms with Crippen LogP contribution in [0.2, 0.25) is 0 Å². The molecule has 1 heterocycles. The van der Waals surface area contributed by atoms with Crippen LogP contribution in [0.4, 0.5) is 0 Å². The molecule has 3 aromatic rings. The van der Waals surface area contributed by atoms with E-state index in [0.29, 0.717) is 31.4 Å². The molecule has 15 heteroatoms. The van der Waals surface area contributed by atoms with Crippen molar-refractivity contribution < 1.29 is 33.9 Å². The van der Waals surface area contributed by atoms with E-state index in [2.05, 4.69) is 31.6 Å². The summed E-state index contributed by atoms with van der Waals surface area (Å²) in [4.78, 5) is 82.9. The van der Waals surface area contributed by atoms with E-state index in [0.717, 1.165) is 16.5 Å². The van der Waals surface area contributed by atoms with Gasteiger partial charge in [-0.1, -0.05) is 58.0 Å². The molecule has 0 fully saturated rings. The highest BCUT2D eigenvalue weighted by Crippen LogP contribution is 2.20. The zero-order chi connectivity index (χ0) is 39.9. The van der Waals surface area contributed by atoms with Crippen LogP contribution in [0.3, 0.4) is 0 Å². The molecule has 0 bridgehead atoms. The third-order valence-electron chi connectivity index (χ3n) is 8.99. The number of hydrogen-bond acceptors (Lipinski definition) is 8. The van der Waals surface area contributed by atoms with E-state index in [1.807, 2.05) is 38.1 Å². The summed E-state index contributed by atoms with van der Waals surface area (Å²) in [7, 11) is 0. The Labute approximate surface area is 316 Å². The van der Waals surface area contributed by atoms with E-state index >= 15 is 0 Å². The van der Waals surface area contributed by atoms with Crippen LogP contribution < -0.4 is 38.1 Å². The van der Waals surface area contributed by atoms with Crippen LogP contribution >= 0.6 is 0 Å². The van der Waals surface area contributed by atoms with Gasteiger partial charge in [0, 0.05) is 36.9 Å². The maximum atomic E-state index is 14.1. The Kier molecular flexibility index (Phi) is 16.5. The summed E-state index contributed by atoms with van der Waals surface area (Å²) in [6.45, 7) is 8.93. The molecule has 0 unspecified atom stereocenters. The highest BCUT2D eigenvalue weighted by molar-refractivity contribution is 5.97. The number of rotatable bonds is 21. The second-order valence-corrected chi connectivity index (χ2v) is 14.4. The van der Waals surface area contributed by atoms with Crippen molar-refractivity contribution in [1.29, 1.82) is 0 Å². The zero-order valence-electron chi connectivity index (χ0n) is 31.7. The third kappa shape index (κ3) is 13.2. The Morgan fingerprint density at radius 2 is 1.30 bits per heavy atom. The Morgan fingerprint density at radius 1 is 0.722 bits per heavy atom. The lowest BCUT2D eigenvalue weighted by Gasteiger charge is -2.28. The van der Waals surface area contributed by atoms with E-state index < -0.39 is 65.7 Å². The van der Waals surface area contributed by atoms with Gasteiger partial charge in [0.25, 0.3) is 0 Å². The SMILES string of the molecule is CC(=O)N[C@@H](CCCCN)C(=O)N[C@@H](Cc1ccc(O)cc1)C(=O)N[C@@H](CC(C)C)C(=O)N[C@@H](Cc1c[nH]c2ccccc12)C(=O)N[C@H](C(N)=O)C(C)C. The number of carbonyl (C=O) groups excluding carboxylic acids is 6. The number of primary amides is 1. The first-order valence-corrected chi connectivity index (χ1v) is 18.4. The van der Waals surface area contributed by atoms with E-state index in [1.54, 1.807) is 32.2 Å². The summed E-state index contributed by atoms with van der Waals surface area (Å²) in [6, 6.07) is 8.20. The predicted molar refractivity (Wildman–Crippen MR) is 206 cm³/mol. The fourth-order valence-electron chi connectivity index (χ4n) is 6.15. The first-order chi connectivity index (χ1) is 25.6. The van der Waals surface area contributed by atoms with Crippen LogP contribution in [0, 0.1) is 11.8 Å². The molecule has 11 N–H and O–H groups in total. The molecule has 3 rings (SSSR count). The number of aromatic amines is 1. The molecular formula is C39H56N8O7. The predicted octanol–water partition coefficient (Wildman–Crippen LogP) is 1.42. The highest BCUT2D eigenvalue weighted by Gasteiger charge is 2.33. The quantitative estimate of drug-likeness (QED) is 0.0719. The van der Waals surface area contributed by atoms with Crippen molar-refractivity contribution in [2.45, 2.75) is 103 Å². The molecule has 294 valence electrons. The van der Waals surface area contributed by atoms with Gasteiger partial charge < -0.3 is 48.1 Å². The number of fused-ring (bicyclic) bond motifs is 1. The number of carbonyl (C=O) groups is 6. The standard InChI is InChI=1S/C39H56N8O7/c1-22(2)18-31(37(52)46-33(39(54)47-34(23(3)4)35(41)50)20-26-21-42-29-11-7-6-10-28(26)29)44-38(53)32(19-25-13-15-27(49)16-14-25)45-36(51)30(43-24(5)48)12-8-9-17-40/h6-7,10-11,13-16,21-23,30-34,42,49H,8-9,12,17-20,40H2,1-5H3,(H2,41,50)(H,43,48)(H,44,53)(H,45,51)(H,46,52)(H,47,54)/t30-,31-,32-,33-,34-/m0/s1. The van der Waals surface area contributed by atoms with Crippen molar-refractivity contribution in [3.63, 3.8) is 0 Å². The average molecular weight is 749 g/mol. The van der Waals surface area contributed by atoms with Crippen LogP contribution in [-0.2, 0) is 41.6 Å². The van der Waals surface area contributed by atoms with Gasteiger partial charge in [0.1, 0.15) is 36.0 Å². The summed E-state index contributed by atoms with van der Waals surface area (Å²) in [5.74, 6) is -4.07. The lowest BCUT2D eigenvalue weighted by Crippen LogP contribution is -2.60. The van der Waals surface area contributed by atoms with Crippen LogP contribution in [0.5, 0.6) is 5.75 Å². The number of nitrogens with two attached hydrogens (primary N) is 2. The van der Waals surface area contributed by atoms with Gasteiger partial charge in [-0.3, -0.25) is 28.8 Å². The fraction of sp³-hybridized carbons (Fsp3) is 0.487. The van der Waals surface area contributed by atoms with Gasteiger partial charge in [0.2, 0.25) is 35.4 Å². The second-order valence-electron chi connectivity index (χ2n) is 14.4. The molecule has 0 radical (unpaired) electrons. The van der Waals surface area contributed by atoms with Crippen LogP contribution in [0.25, 0.3) is 10.9 Å². The summed E-state index contributed by atoms with van der Waals surface area (Å²) < 4.78 is 0. The van der Waals surface area contributed by atoms with E-state index in [9.17, 15) is 33.9 Å². The van der Waals surface area contributed by atoms with Crippen molar-refractivity contribution in [2.24, 2.45) is 23.3 Å². The Balaban J connectivity index is 1.92. The third-order valence-corrected chi connectivity index (χ3v) is 8.99. The lowest BCUT2D eigenvalue weighted by molar-refractivity contribution is -0.135. The largest absolute Gasteiger partial charge is 0.508 e. The van der Waals surface area contributed by atoms with Gasteiger partial charge in [0.15, 0.2) is 0 Å². The number of hydrogen-bond donors (Lipinski definition) is 9. The molecule has 0 aliphatic rings. The minimum atomic E-state index is -1.19. The molecule has 0 spiro atoms. The molecule has 0 aliphatic carbocycles. The summed E-state index contributed by atoms with van der Waals surface area (Å²) in [5, 5.41) is 24.4. The van der Waals surface area contributed by atoms with Gasteiger partial charge >= 0.3 is 0 Å². The maximum absolute atomic E-state index is 14.1. The summed E-state index contributed by atoms with van der Waals surface area (Å²) >= 11 is 0. The monoisotopic (exact) mass is 748 g/mol. The molecule has 1 aromatic heterocycles. The average Bonchev–Trinajstić information content (AvgIpc) is 3.51. The number of unbranched alkanes of at least 4 members (excludes halogenated alkanes) is 1. The molecule has 0 saturated heterocycles. The van der Waals surface area contributed by atoms with Crippen LogP contribution in [-0.4, -0.2) is 82.3 Å². The number of para-hydroxylation sites is 1. The minimum absolute atomic E-state index is 0.00123.